The Morgan fingerprint density at radius 1 is 1.35 bits per heavy atom. The average molecular weight is 291 g/mol. The monoisotopic (exact) mass is 291 g/mol. The van der Waals surface area contributed by atoms with Crippen molar-refractivity contribution < 1.29 is 23.1 Å². The highest BCUT2D eigenvalue weighted by Crippen LogP contribution is 2.24. The first-order chi connectivity index (χ1) is 9.48. The van der Waals surface area contributed by atoms with Crippen molar-refractivity contribution in [3.8, 4) is 0 Å². The number of halogens is 2. The molecule has 2 fully saturated rings. The third-order valence-electron chi connectivity index (χ3n) is 3.43. The van der Waals surface area contributed by atoms with Crippen LogP contribution >= 0.6 is 0 Å². The minimum atomic E-state index is -2.83. The Morgan fingerprint density at radius 2 is 2.05 bits per heavy atom. The molecule has 0 saturated carbocycles. The Balaban J connectivity index is 1.65. The molecule has 2 saturated heterocycles. The topological polar surface area (TPSA) is 70.7 Å². The lowest BCUT2D eigenvalue weighted by molar-refractivity contribution is -0.135. The third kappa shape index (κ3) is 4.11. The highest BCUT2D eigenvalue weighted by Gasteiger charge is 2.42. The van der Waals surface area contributed by atoms with Crippen LogP contribution in [0.5, 0.6) is 0 Å². The van der Waals surface area contributed by atoms with E-state index in [1.54, 1.807) is 4.90 Å². The van der Waals surface area contributed by atoms with Gasteiger partial charge < -0.3 is 15.0 Å². The summed E-state index contributed by atoms with van der Waals surface area (Å²) in [7, 11) is 0. The van der Waals surface area contributed by atoms with Gasteiger partial charge >= 0.3 is 0 Å². The molecular formula is C12H19F2N3O3. The van der Waals surface area contributed by atoms with Gasteiger partial charge in [0.1, 0.15) is 0 Å². The number of amides is 2. The number of nitrogens with one attached hydrogen (secondary N) is 2. The van der Waals surface area contributed by atoms with Crippen LogP contribution in [0.25, 0.3) is 0 Å². The lowest BCUT2D eigenvalue weighted by Gasteiger charge is -2.26. The van der Waals surface area contributed by atoms with Crippen molar-refractivity contribution in [3.05, 3.63) is 0 Å². The van der Waals surface area contributed by atoms with E-state index >= 15 is 0 Å². The minimum Gasteiger partial charge on any atom is -0.378 e. The molecule has 1 unspecified atom stereocenters. The maximum Gasteiger partial charge on any atom is 0.262 e. The number of carbonyl (C=O) groups is 2. The molecule has 0 aliphatic carbocycles. The van der Waals surface area contributed by atoms with E-state index in [0.29, 0.717) is 26.3 Å². The van der Waals surface area contributed by atoms with E-state index in [2.05, 4.69) is 10.6 Å². The van der Waals surface area contributed by atoms with Crippen LogP contribution in [0, 0.1) is 0 Å². The number of ether oxygens (including phenoxy) is 1. The van der Waals surface area contributed by atoms with Crippen LogP contribution in [0.1, 0.15) is 12.8 Å². The van der Waals surface area contributed by atoms with Crippen molar-refractivity contribution in [1.29, 1.82) is 0 Å². The molecule has 0 spiro atoms. The van der Waals surface area contributed by atoms with E-state index in [-0.39, 0.29) is 18.9 Å². The predicted molar refractivity (Wildman–Crippen MR) is 66.4 cm³/mol. The minimum absolute atomic E-state index is 0.0571. The second-order valence-corrected chi connectivity index (χ2v) is 5.03. The van der Waals surface area contributed by atoms with Gasteiger partial charge in [-0.15, -0.1) is 0 Å². The zero-order chi connectivity index (χ0) is 14.6. The number of hydrogen-bond acceptors (Lipinski definition) is 4. The maximum absolute atomic E-state index is 12.9. The van der Waals surface area contributed by atoms with E-state index in [4.69, 9.17) is 4.74 Å². The third-order valence-corrected chi connectivity index (χ3v) is 3.43. The Kier molecular flexibility index (Phi) is 4.87. The van der Waals surface area contributed by atoms with Crippen LogP contribution in [0.4, 0.5) is 8.78 Å². The van der Waals surface area contributed by atoms with Gasteiger partial charge in [-0.3, -0.25) is 14.9 Å². The average Bonchev–Trinajstić information content (AvgIpc) is 2.80. The smallest absolute Gasteiger partial charge is 0.262 e. The van der Waals surface area contributed by atoms with E-state index in [1.165, 1.54) is 0 Å². The lowest BCUT2D eigenvalue weighted by Crippen LogP contribution is -2.44. The van der Waals surface area contributed by atoms with E-state index < -0.39 is 30.8 Å². The molecule has 2 N–H and O–H groups in total. The normalized spacial score (nSPS) is 25.5. The van der Waals surface area contributed by atoms with Crippen LogP contribution < -0.4 is 10.6 Å². The molecule has 0 aromatic rings. The van der Waals surface area contributed by atoms with Crippen LogP contribution in [0.15, 0.2) is 0 Å². The summed E-state index contributed by atoms with van der Waals surface area (Å²) in [5.74, 6) is -3.36. The van der Waals surface area contributed by atoms with E-state index in [1.807, 2.05) is 0 Å². The van der Waals surface area contributed by atoms with Gasteiger partial charge in [-0.25, -0.2) is 8.78 Å². The Morgan fingerprint density at radius 3 is 2.65 bits per heavy atom. The molecule has 2 aliphatic heterocycles. The van der Waals surface area contributed by atoms with E-state index in [9.17, 15) is 18.4 Å². The van der Waals surface area contributed by atoms with Crippen LogP contribution in [-0.4, -0.2) is 68.1 Å². The molecule has 0 aromatic heterocycles. The molecule has 0 bridgehead atoms. The molecule has 1 atom stereocenters. The Hall–Kier alpha value is -1.28. The zero-order valence-corrected chi connectivity index (χ0v) is 11.2. The SMILES string of the molecule is O=C(NCCC(=O)N1CCOCC1)C1CC(F)(F)CN1. The fraction of sp³-hybridized carbons (Fsp3) is 0.833. The maximum atomic E-state index is 12.9. The number of hydrogen-bond donors (Lipinski definition) is 2. The first kappa shape index (κ1) is 15.1. The standard InChI is InChI=1S/C12H19F2N3O3/c13-12(14)7-9(16-8-12)11(19)15-2-1-10(18)17-3-5-20-6-4-17/h9,16H,1-8H2,(H,15,19). The number of morpholine rings is 1. The van der Waals surface area contributed by atoms with Crippen molar-refractivity contribution >= 4 is 11.8 Å². The quantitative estimate of drug-likeness (QED) is 0.722. The molecule has 2 heterocycles. The van der Waals surface area contributed by atoms with Gasteiger partial charge in [0, 0.05) is 32.5 Å². The summed E-state index contributed by atoms with van der Waals surface area (Å²) < 4.78 is 31.0. The lowest BCUT2D eigenvalue weighted by atomic mass is 10.2. The van der Waals surface area contributed by atoms with Gasteiger partial charge in [0.05, 0.1) is 25.8 Å². The molecule has 0 aromatic carbocycles. The second-order valence-electron chi connectivity index (χ2n) is 5.03. The van der Waals surface area contributed by atoms with Crippen molar-refractivity contribution in [2.24, 2.45) is 0 Å². The number of rotatable bonds is 4. The Labute approximate surface area is 115 Å². The number of carbonyl (C=O) groups excluding carboxylic acids is 2. The van der Waals surface area contributed by atoms with Crippen LogP contribution in [-0.2, 0) is 14.3 Å². The molecule has 6 nitrogen and oxygen atoms in total. The van der Waals surface area contributed by atoms with Crippen molar-refractivity contribution in [3.63, 3.8) is 0 Å². The van der Waals surface area contributed by atoms with Crippen LogP contribution in [0.2, 0.25) is 0 Å². The summed E-state index contributed by atoms with van der Waals surface area (Å²) >= 11 is 0. The zero-order valence-electron chi connectivity index (χ0n) is 11.2. The summed E-state index contributed by atoms with van der Waals surface area (Å²) in [4.78, 5) is 25.1. The van der Waals surface area contributed by atoms with Gasteiger partial charge in [0.15, 0.2) is 0 Å². The summed E-state index contributed by atoms with van der Waals surface area (Å²) in [5.41, 5.74) is 0. The molecule has 2 rings (SSSR count). The highest BCUT2D eigenvalue weighted by atomic mass is 19.3. The molecule has 8 heteroatoms. The fourth-order valence-corrected chi connectivity index (χ4v) is 2.29. The van der Waals surface area contributed by atoms with Gasteiger partial charge in [0.2, 0.25) is 11.8 Å². The number of nitrogens with zero attached hydrogens (tertiary/aromatic N) is 1. The number of alkyl halides is 2. The summed E-state index contributed by atoms with van der Waals surface area (Å²) in [5, 5.41) is 4.99. The fourth-order valence-electron chi connectivity index (χ4n) is 2.29. The summed E-state index contributed by atoms with van der Waals surface area (Å²) in [6.45, 7) is 1.86. The molecular weight excluding hydrogens is 272 g/mol. The van der Waals surface area contributed by atoms with Crippen molar-refractivity contribution in [2.45, 2.75) is 24.8 Å². The van der Waals surface area contributed by atoms with Gasteiger partial charge in [-0.1, -0.05) is 0 Å². The Bertz CT molecular complexity index is 373. The predicted octanol–water partition coefficient (Wildman–Crippen LogP) is -0.651. The summed E-state index contributed by atoms with van der Waals surface area (Å²) in [6, 6.07) is -0.872. The van der Waals surface area contributed by atoms with E-state index in [0.717, 1.165) is 0 Å². The first-order valence-corrected chi connectivity index (χ1v) is 6.72. The molecule has 2 amide bonds. The van der Waals surface area contributed by atoms with Gasteiger partial charge in [-0.05, 0) is 0 Å². The molecule has 114 valence electrons. The second kappa shape index (κ2) is 6.45. The molecule has 20 heavy (non-hydrogen) atoms. The van der Waals surface area contributed by atoms with Crippen molar-refractivity contribution in [2.75, 3.05) is 39.4 Å². The first-order valence-electron chi connectivity index (χ1n) is 6.72. The highest BCUT2D eigenvalue weighted by molar-refractivity contribution is 5.83. The largest absolute Gasteiger partial charge is 0.378 e. The molecule has 2 aliphatic rings. The van der Waals surface area contributed by atoms with Gasteiger partial charge in [0.25, 0.3) is 5.92 Å². The van der Waals surface area contributed by atoms with Crippen LogP contribution in [0.3, 0.4) is 0 Å². The van der Waals surface area contributed by atoms with Crippen molar-refractivity contribution in [1.82, 2.24) is 15.5 Å². The summed E-state index contributed by atoms with van der Waals surface area (Å²) in [6.07, 6.45) is -0.314. The van der Waals surface area contributed by atoms with Gasteiger partial charge in [-0.2, -0.15) is 0 Å². The molecule has 0 radical (unpaired) electrons.